The van der Waals surface area contributed by atoms with Crippen LogP contribution in [0.5, 0.6) is 0 Å². The molecule has 0 aliphatic heterocycles. The van der Waals surface area contributed by atoms with Crippen LogP contribution < -0.4 is 5.32 Å². The van der Waals surface area contributed by atoms with Gasteiger partial charge in [0.2, 0.25) is 0 Å². The normalized spacial score (nSPS) is 20.2. The SMILES string of the molecule is Cc1csc(C(C)NCC(O)CC2CCCC2)n1. The van der Waals surface area contributed by atoms with Crippen molar-refractivity contribution >= 4 is 11.3 Å². The average Bonchev–Trinajstić information content (AvgIpc) is 2.97. The van der Waals surface area contributed by atoms with E-state index >= 15 is 0 Å². The van der Waals surface area contributed by atoms with Crippen LogP contribution in [0.3, 0.4) is 0 Å². The van der Waals surface area contributed by atoms with Crippen molar-refractivity contribution in [3.05, 3.63) is 16.1 Å². The number of aromatic nitrogens is 1. The largest absolute Gasteiger partial charge is 0.392 e. The minimum atomic E-state index is -0.211. The van der Waals surface area contributed by atoms with E-state index in [0.29, 0.717) is 6.54 Å². The molecule has 18 heavy (non-hydrogen) atoms. The van der Waals surface area contributed by atoms with Crippen molar-refractivity contribution in [2.75, 3.05) is 6.54 Å². The summed E-state index contributed by atoms with van der Waals surface area (Å²) in [6.07, 6.45) is 6.04. The Bertz CT molecular complexity index is 360. The van der Waals surface area contributed by atoms with Crippen molar-refractivity contribution in [1.29, 1.82) is 0 Å². The van der Waals surface area contributed by atoms with E-state index in [2.05, 4.69) is 22.6 Å². The first-order valence-electron chi connectivity index (χ1n) is 6.98. The van der Waals surface area contributed by atoms with E-state index < -0.39 is 0 Å². The molecule has 1 heterocycles. The van der Waals surface area contributed by atoms with Gasteiger partial charge in [-0.05, 0) is 26.2 Å². The highest BCUT2D eigenvalue weighted by molar-refractivity contribution is 7.09. The Morgan fingerprint density at radius 1 is 1.50 bits per heavy atom. The molecule has 1 aromatic heterocycles. The molecule has 2 N–H and O–H groups in total. The quantitative estimate of drug-likeness (QED) is 0.833. The lowest BCUT2D eigenvalue weighted by atomic mass is 10.00. The summed E-state index contributed by atoms with van der Waals surface area (Å²) >= 11 is 1.69. The molecule has 4 heteroatoms. The Hall–Kier alpha value is -0.450. The second kappa shape index (κ2) is 6.64. The summed E-state index contributed by atoms with van der Waals surface area (Å²) in [4.78, 5) is 4.47. The van der Waals surface area contributed by atoms with Crippen molar-refractivity contribution < 1.29 is 5.11 Å². The summed E-state index contributed by atoms with van der Waals surface area (Å²) in [5.74, 6) is 0.749. The van der Waals surface area contributed by atoms with Gasteiger partial charge in [0.05, 0.1) is 12.1 Å². The van der Waals surface area contributed by atoms with Gasteiger partial charge < -0.3 is 10.4 Å². The predicted octanol–water partition coefficient (Wildman–Crippen LogP) is 3.04. The van der Waals surface area contributed by atoms with Crippen molar-refractivity contribution in [2.45, 2.75) is 58.1 Å². The summed E-state index contributed by atoms with van der Waals surface area (Å²) in [6.45, 7) is 4.80. The van der Waals surface area contributed by atoms with Crippen LogP contribution in [0, 0.1) is 12.8 Å². The monoisotopic (exact) mass is 268 g/mol. The number of nitrogens with zero attached hydrogens (tertiary/aromatic N) is 1. The van der Waals surface area contributed by atoms with Gasteiger partial charge in [-0.2, -0.15) is 0 Å². The van der Waals surface area contributed by atoms with Crippen LogP contribution in [-0.2, 0) is 0 Å². The van der Waals surface area contributed by atoms with Crippen molar-refractivity contribution in [3.63, 3.8) is 0 Å². The van der Waals surface area contributed by atoms with Crippen LogP contribution >= 0.6 is 11.3 Å². The molecule has 1 aliphatic rings. The summed E-state index contributed by atoms with van der Waals surface area (Å²) in [7, 11) is 0. The Kier molecular flexibility index (Phi) is 5.15. The molecule has 0 bridgehead atoms. The smallest absolute Gasteiger partial charge is 0.110 e. The first kappa shape index (κ1) is 14.0. The van der Waals surface area contributed by atoms with E-state index in [0.717, 1.165) is 23.0 Å². The molecule has 102 valence electrons. The molecule has 0 aromatic carbocycles. The molecule has 0 spiro atoms. The van der Waals surface area contributed by atoms with Crippen molar-refractivity contribution in [2.24, 2.45) is 5.92 Å². The van der Waals surface area contributed by atoms with Crippen LogP contribution in [0.2, 0.25) is 0 Å². The molecule has 2 unspecified atom stereocenters. The fourth-order valence-corrected chi connectivity index (χ4v) is 3.51. The van der Waals surface area contributed by atoms with Crippen LogP contribution in [0.15, 0.2) is 5.38 Å². The molecule has 1 fully saturated rings. The molecular formula is C14H24N2OS. The van der Waals surface area contributed by atoms with E-state index in [4.69, 9.17) is 0 Å². The second-order valence-electron chi connectivity index (χ2n) is 5.50. The molecule has 2 rings (SSSR count). The molecule has 1 aromatic rings. The van der Waals surface area contributed by atoms with Gasteiger partial charge in [-0.3, -0.25) is 0 Å². The molecule has 0 saturated heterocycles. The lowest BCUT2D eigenvalue weighted by Crippen LogP contribution is -2.30. The summed E-state index contributed by atoms with van der Waals surface area (Å²) < 4.78 is 0. The minimum Gasteiger partial charge on any atom is -0.392 e. The molecular weight excluding hydrogens is 244 g/mol. The standard InChI is InChI=1S/C14H24N2OS/c1-10-9-18-14(16-10)11(2)15-8-13(17)7-12-5-3-4-6-12/h9,11-13,15,17H,3-8H2,1-2H3. The third kappa shape index (κ3) is 4.04. The van der Waals surface area contributed by atoms with Gasteiger partial charge in [0.1, 0.15) is 5.01 Å². The van der Waals surface area contributed by atoms with Gasteiger partial charge >= 0.3 is 0 Å². The van der Waals surface area contributed by atoms with E-state index in [1.54, 1.807) is 11.3 Å². The lowest BCUT2D eigenvalue weighted by Gasteiger charge is -2.18. The van der Waals surface area contributed by atoms with E-state index in [1.807, 2.05) is 6.92 Å². The Morgan fingerprint density at radius 3 is 2.83 bits per heavy atom. The highest BCUT2D eigenvalue weighted by atomic mass is 32.1. The number of nitrogens with one attached hydrogen (secondary N) is 1. The maximum atomic E-state index is 10.0. The highest BCUT2D eigenvalue weighted by Gasteiger charge is 2.19. The van der Waals surface area contributed by atoms with Crippen molar-refractivity contribution in [1.82, 2.24) is 10.3 Å². The number of aliphatic hydroxyl groups is 1. The summed E-state index contributed by atoms with van der Waals surface area (Å²) in [6, 6.07) is 0.238. The zero-order valence-electron chi connectivity index (χ0n) is 11.4. The molecule has 1 saturated carbocycles. The highest BCUT2D eigenvalue weighted by Crippen LogP contribution is 2.28. The minimum absolute atomic E-state index is 0.211. The van der Waals surface area contributed by atoms with Crippen LogP contribution in [0.1, 0.15) is 55.8 Å². The Labute approximate surface area is 114 Å². The number of aryl methyl sites for hydroxylation is 1. The van der Waals surface area contributed by atoms with Gasteiger partial charge in [-0.15, -0.1) is 11.3 Å². The first-order valence-corrected chi connectivity index (χ1v) is 7.86. The fraction of sp³-hybridized carbons (Fsp3) is 0.786. The van der Waals surface area contributed by atoms with Gasteiger partial charge in [-0.25, -0.2) is 4.98 Å². The summed E-state index contributed by atoms with van der Waals surface area (Å²) in [5.41, 5.74) is 1.08. The molecule has 3 nitrogen and oxygen atoms in total. The van der Waals surface area contributed by atoms with E-state index in [-0.39, 0.29) is 12.1 Å². The molecule has 1 aliphatic carbocycles. The van der Waals surface area contributed by atoms with Gasteiger partial charge in [0.15, 0.2) is 0 Å². The predicted molar refractivity (Wildman–Crippen MR) is 75.9 cm³/mol. The number of hydrogen-bond donors (Lipinski definition) is 2. The topological polar surface area (TPSA) is 45.1 Å². The lowest BCUT2D eigenvalue weighted by molar-refractivity contribution is 0.137. The number of hydrogen-bond acceptors (Lipinski definition) is 4. The third-order valence-electron chi connectivity index (χ3n) is 3.75. The summed E-state index contributed by atoms with van der Waals surface area (Å²) in [5, 5.41) is 16.6. The maximum Gasteiger partial charge on any atom is 0.110 e. The maximum absolute atomic E-state index is 10.0. The fourth-order valence-electron chi connectivity index (χ4n) is 2.69. The van der Waals surface area contributed by atoms with Crippen LogP contribution in [-0.4, -0.2) is 22.7 Å². The molecule has 0 radical (unpaired) electrons. The van der Waals surface area contributed by atoms with E-state index in [9.17, 15) is 5.11 Å². The number of aliphatic hydroxyl groups excluding tert-OH is 1. The molecule has 0 amide bonds. The van der Waals surface area contributed by atoms with Crippen LogP contribution in [0.25, 0.3) is 0 Å². The van der Waals surface area contributed by atoms with Crippen LogP contribution in [0.4, 0.5) is 0 Å². The van der Waals surface area contributed by atoms with Gasteiger partial charge in [0.25, 0.3) is 0 Å². The Balaban J connectivity index is 1.70. The second-order valence-corrected chi connectivity index (χ2v) is 6.39. The number of thiazole rings is 1. The zero-order chi connectivity index (χ0) is 13.0. The third-order valence-corrected chi connectivity index (χ3v) is 4.89. The van der Waals surface area contributed by atoms with Gasteiger partial charge in [-0.1, -0.05) is 25.7 Å². The Morgan fingerprint density at radius 2 is 2.22 bits per heavy atom. The average molecular weight is 268 g/mol. The number of rotatable bonds is 6. The van der Waals surface area contributed by atoms with E-state index in [1.165, 1.54) is 25.7 Å². The zero-order valence-corrected chi connectivity index (χ0v) is 12.2. The molecule has 2 atom stereocenters. The van der Waals surface area contributed by atoms with Crippen molar-refractivity contribution in [3.8, 4) is 0 Å². The first-order chi connectivity index (χ1) is 8.65. The van der Waals surface area contributed by atoms with Gasteiger partial charge in [0, 0.05) is 17.6 Å².